The largest absolute Gasteiger partial charge is 0.376 e. The summed E-state index contributed by atoms with van der Waals surface area (Å²) >= 11 is 0. The Labute approximate surface area is 104 Å². The van der Waals surface area contributed by atoms with Crippen LogP contribution in [0.3, 0.4) is 0 Å². The minimum absolute atomic E-state index is 0.0401. The van der Waals surface area contributed by atoms with Gasteiger partial charge in [-0.3, -0.25) is 4.79 Å². The van der Waals surface area contributed by atoms with Gasteiger partial charge in [-0.15, -0.1) is 0 Å². The number of carbonyl (C=O) groups excluding carboxylic acids is 1. The first-order chi connectivity index (χ1) is 8.11. The highest BCUT2D eigenvalue weighted by molar-refractivity contribution is 5.80. The van der Waals surface area contributed by atoms with Crippen molar-refractivity contribution >= 4 is 11.6 Å². The molecule has 1 amide bonds. The quantitative estimate of drug-likeness (QED) is 0.793. The molecular formula is C14H22N2O. The van der Waals surface area contributed by atoms with Gasteiger partial charge in [0.05, 0.1) is 6.54 Å². The molecular weight excluding hydrogens is 212 g/mol. The molecule has 0 saturated carbocycles. The molecule has 1 rings (SSSR count). The van der Waals surface area contributed by atoms with Gasteiger partial charge in [0.2, 0.25) is 5.91 Å². The molecule has 3 nitrogen and oxygen atoms in total. The summed E-state index contributed by atoms with van der Waals surface area (Å²) in [5.41, 5.74) is 2.29. The van der Waals surface area contributed by atoms with Crippen LogP contribution in [-0.4, -0.2) is 19.0 Å². The van der Waals surface area contributed by atoms with Gasteiger partial charge in [0.15, 0.2) is 0 Å². The first kappa shape index (κ1) is 13.6. The van der Waals surface area contributed by atoms with Crippen molar-refractivity contribution in [2.75, 3.05) is 18.4 Å². The Hall–Kier alpha value is -1.51. The van der Waals surface area contributed by atoms with E-state index in [1.807, 2.05) is 12.1 Å². The van der Waals surface area contributed by atoms with E-state index in [0.717, 1.165) is 18.7 Å². The molecule has 0 atom stereocenters. The summed E-state index contributed by atoms with van der Waals surface area (Å²) in [5.74, 6) is 0.529. The van der Waals surface area contributed by atoms with Crippen LogP contribution < -0.4 is 10.6 Å². The lowest BCUT2D eigenvalue weighted by atomic mass is 10.1. The first-order valence-electron chi connectivity index (χ1n) is 6.21. The summed E-state index contributed by atoms with van der Waals surface area (Å²) in [6.45, 7) is 7.35. The number of carbonyl (C=O) groups is 1. The molecule has 0 fully saturated rings. The van der Waals surface area contributed by atoms with Gasteiger partial charge in [-0.2, -0.15) is 0 Å². The molecule has 94 valence electrons. The van der Waals surface area contributed by atoms with E-state index in [1.54, 1.807) is 0 Å². The average molecular weight is 234 g/mol. The number of amides is 1. The SMILES string of the molecule is CCc1ccc(NCC(=O)NCC(C)C)cc1. The van der Waals surface area contributed by atoms with Crippen molar-refractivity contribution in [2.45, 2.75) is 27.2 Å². The molecule has 0 aromatic heterocycles. The summed E-state index contributed by atoms with van der Waals surface area (Å²) in [6.07, 6.45) is 1.04. The van der Waals surface area contributed by atoms with Gasteiger partial charge in [0, 0.05) is 12.2 Å². The van der Waals surface area contributed by atoms with Gasteiger partial charge in [-0.05, 0) is 30.0 Å². The van der Waals surface area contributed by atoms with Gasteiger partial charge in [-0.1, -0.05) is 32.9 Å². The second-order valence-corrected chi connectivity index (χ2v) is 4.60. The molecule has 17 heavy (non-hydrogen) atoms. The van der Waals surface area contributed by atoms with Crippen molar-refractivity contribution in [3.8, 4) is 0 Å². The molecule has 0 aliphatic carbocycles. The minimum atomic E-state index is 0.0401. The summed E-state index contributed by atoms with van der Waals surface area (Å²) in [4.78, 5) is 11.5. The highest BCUT2D eigenvalue weighted by atomic mass is 16.1. The van der Waals surface area contributed by atoms with Crippen LogP contribution in [-0.2, 0) is 11.2 Å². The third-order valence-corrected chi connectivity index (χ3v) is 2.52. The number of hydrogen-bond acceptors (Lipinski definition) is 2. The van der Waals surface area contributed by atoms with Crippen LogP contribution in [0.1, 0.15) is 26.3 Å². The Morgan fingerprint density at radius 3 is 2.41 bits per heavy atom. The fourth-order valence-electron chi connectivity index (χ4n) is 1.42. The highest BCUT2D eigenvalue weighted by Gasteiger charge is 2.01. The molecule has 0 aliphatic heterocycles. The zero-order valence-corrected chi connectivity index (χ0v) is 10.9. The van der Waals surface area contributed by atoms with Gasteiger partial charge in [-0.25, -0.2) is 0 Å². The number of anilines is 1. The Morgan fingerprint density at radius 2 is 1.88 bits per heavy atom. The molecule has 0 heterocycles. The number of rotatable bonds is 6. The monoisotopic (exact) mass is 234 g/mol. The standard InChI is InChI=1S/C14H22N2O/c1-4-12-5-7-13(8-6-12)15-10-14(17)16-9-11(2)3/h5-8,11,15H,4,9-10H2,1-3H3,(H,16,17). The van der Waals surface area contributed by atoms with E-state index in [0.29, 0.717) is 12.5 Å². The Morgan fingerprint density at radius 1 is 1.24 bits per heavy atom. The van der Waals surface area contributed by atoms with E-state index in [-0.39, 0.29) is 5.91 Å². The predicted octanol–water partition coefficient (Wildman–Crippen LogP) is 2.43. The second kappa shape index (κ2) is 6.94. The normalized spacial score (nSPS) is 10.4. The van der Waals surface area contributed by atoms with Crippen LogP contribution in [0.15, 0.2) is 24.3 Å². The Bertz CT molecular complexity index is 344. The van der Waals surface area contributed by atoms with Crippen LogP contribution in [0.25, 0.3) is 0 Å². The maximum absolute atomic E-state index is 11.5. The molecule has 3 heteroatoms. The Balaban J connectivity index is 2.31. The third-order valence-electron chi connectivity index (χ3n) is 2.52. The van der Waals surface area contributed by atoms with Crippen molar-refractivity contribution in [3.63, 3.8) is 0 Å². The second-order valence-electron chi connectivity index (χ2n) is 4.60. The van der Waals surface area contributed by atoms with Crippen LogP contribution >= 0.6 is 0 Å². The molecule has 0 saturated heterocycles. The molecule has 0 radical (unpaired) electrons. The Kier molecular flexibility index (Phi) is 5.53. The summed E-state index contributed by atoms with van der Waals surface area (Å²) < 4.78 is 0. The zero-order chi connectivity index (χ0) is 12.7. The number of nitrogens with one attached hydrogen (secondary N) is 2. The predicted molar refractivity (Wildman–Crippen MR) is 72.2 cm³/mol. The maximum Gasteiger partial charge on any atom is 0.239 e. The van der Waals surface area contributed by atoms with Crippen LogP contribution in [0, 0.1) is 5.92 Å². The topological polar surface area (TPSA) is 41.1 Å². The molecule has 1 aromatic carbocycles. The van der Waals surface area contributed by atoms with Crippen LogP contribution in [0.4, 0.5) is 5.69 Å². The zero-order valence-electron chi connectivity index (χ0n) is 10.9. The van der Waals surface area contributed by atoms with Crippen molar-refractivity contribution in [3.05, 3.63) is 29.8 Å². The van der Waals surface area contributed by atoms with Crippen molar-refractivity contribution in [2.24, 2.45) is 5.92 Å². The third kappa shape index (κ3) is 5.38. The molecule has 0 unspecified atom stereocenters. The van der Waals surface area contributed by atoms with Crippen molar-refractivity contribution < 1.29 is 4.79 Å². The number of aryl methyl sites for hydroxylation is 1. The number of benzene rings is 1. The smallest absolute Gasteiger partial charge is 0.239 e. The van der Waals surface area contributed by atoms with E-state index in [1.165, 1.54) is 5.56 Å². The van der Waals surface area contributed by atoms with E-state index < -0.39 is 0 Å². The number of hydrogen-bond donors (Lipinski definition) is 2. The van der Waals surface area contributed by atoms with Gasteiger partial charge < -0.3 is 10.6 Å². The van der Waals surface area contributed by atoms with E-state index in [4.69, 9.17) is 0 Å². The summed E-state index contributed by atoms with van der Waals surface area (Å²) in [6, 6.07) is 8.17. The van der Waals surface area contributed by atoms with Gasteiger partial charge in [0.1, 0.15) is 0 Å². The first-order valence-corrected chi connectivity index (χ1v) is 6.21. The van der Waals surface area contributed by atoms with E-state index >= 15 is 0 Å². The van der Waals surface area contributed by atoms with Crippen molar-refractivity contribution in [1.29, 1.82) is 0 Å². The van der Waals surface area contributed by atoms with Gasteiger partial charge >= 0.3 is 0 Å². The summed E-state index contributed by atoms with van der Waals surface area (Å²) in [5, 5.41) is 5.98. The van der Waals surface area contributed by atoms with Gasteiger partial charge in [0.25, 0.3) is 0 Å². The lowest BCUT2D eigenvalue weighted by Gasteiger charge is -2.09. The molecule has 1 aromatic rings. The molecule has 0 bridgehead atoms. The van der Waals surface area contributed by atoms with Crippen LogP contribution in [0.2, 0.25) is 0 Å². The van der Waals surface area contributed by atoms with Crippen molar-refractivity contribution in [1.82, 2.24) is 5.32 Å². The van der Waals surface area contributed by atoms with E-state index in [2.05, 4.69) is 43.5 Å². The van der Waals surface area contributed by atoms with Crippen LogP contribution in [0.5, 0.6) is 0 Å². The highest BCUT2D eigenvalue weighted by Crippen LogP contribution is 2.09. The minimum Gasteiger partial charge on any atom is -0.376 e. The fraction of sp³-hybridized carbons (Fsp3) is 0.500. The average Bonchev–Trinajstić information content (AvgIpc) is 2.34. The molecule has 0 aliphatic rings. The summed E-state index contributed by atoms with van der Waals surface area (Å²) in [7, 11) is 0. The fourth-order valence-corrected chi connectivity index (χ4v) is 1.42. The lowest BCUT2D eigenvalue weighted by molar-refractivity contribution is -0.119. The van der Waals surface area contributed by atoms with E-state index in [9.17, 15) is 4.79 Å². The maximum atomic E-state index is 11.5. The molecule has 2 N–H and O–H groups in total. The molecule has 0 spiro atoms. The lowest BCUT2D eigenvalue weighted by Crippen LogP contribution is -2.32.